The van der Waals surface area contributed by atoms with Crippen LogP contribution in [-0.4, -0.2) is 43.8 Å². The van der Waals surface area contributed by atoms with Crippen LogP contribution in [0.4, 0.5) is 0 Å². The Hall–Kier alpha value is -2.27. The van der Waals surface area contributed by atoms with Crippen molar-refractivity contribution in [3.63, 3.8) is 0 Å². The van der Waals surface area contributed by atoms with Crippen molar-refractivity contribution >= 4 is 17.3 Å². The Morgan fingerprint density at radius 3 is 2.50 bits per heavy atom. The molecule has 1 aromatic rings. The maximum atomic E-state index is 11.8. The predicted octanol–water partition coefficient (Wildman–Crippen LogP) is 1.53. The van der Waals surface area contributed by atoms with Crippen LogP contribution in [0.5, 0.6) is 5.75 Å². The molecule has 0 bridgehead atoms. The van der Waals surface area contributed by atoms with Crippen molar-refractivity contribution in [1.29, 1.82) is 0 Å². The summed E-state index contributed by atoms with van der Waals surface area (Å²) in [5.74, 6) is 0.320. The number of carbonyl (C=O) groups excluding carboxylic acids is 3. The van der Waals surface area contributed by atoms with Gasteiger partial charge in [-0.05, 0) is 24.3 Å². The number of ether oxygens (including phenoxy) is 2. The fourth-order valence-corrected chi connectivity index (χ4v) is 2.88. The van der Waals surface area contributed by atoms with E-state index in [4.69, 9.17) is 13.9 Å². The third-order valence-electron chi connectivity index (χ3n) is 4.08. The van der Waals surface area contributed by atoms with Crippen molar-refractivity contribution in [2.24, 2.45) is 5.92 Å². The zero-order chi connectivity index (χ0) is 15.7. The number of rotatable bonds is 3. The topological polar surface area (TPSA) is 63.9 Å². The smallest absolute Gasteiger partial charge is 0.350 e. The van der Waals surface area contributed by atoms with Crippen molar-refractivity contribution in [2.75, 3.05) is 14.2 Å². The first-order valence-corrected chi connectivity index (χ1v) is 7.10. The van der Waals surface area contributed by atoms with E-state index in [1.807, 2.05) is 36.4 Å². The molecule has 5 nitrogen and oxygen atoms in total. The van der Waals surface area contributed by atoms with E-state index < -0.39 is 17.7 Å². The second-order valence-corrected chi connectivity index (χ2v) is 5.33. The van der Waals surface area contributed by atoms with E-state index in [-0.39, 0.29) is 18.4 Å². The molecule has 3 atom stereocenters. The van der Waals surface area contributed by atoms with E-state index in [1.54, 1.807) is 7.11 Å². The molecular formula is C17H17O5+. The maximum Gasteiger partial charge on any atom is 0.350 e. The van der Waals surface area contributed by atoms with Crippen molar-refractivity contribution in [3.8, 4) is 5.75 Å². The lowest BCUT2D eigenvalue weighted by atomic mass is 9.80. The Morgan fingerprint density at radius 1 is 1.14 bits per heavy atom. The van der Waals surface area contributed by atoms with Gasteiger partial charge in [-0.3, -0.25) is 9.59 Å². The molecule has 1 aromatic carbocycles. The normalized spacial score (nSPS) is 27.4. The lowest BCUT2D eigenvalue weighted by Gasteiger charge is -2.27. The minimum atomic E-state index is -0.750. The van der Waals surface area contributed by atoms with Gasteiger partial charge in [0.25, 0.3) is 6.10 Å². The maximum absolute atomic E-state index is 11.8. The molecule has 22 heavy (non-hydrogen) atoms. The molecule has 0 amide bonds. The molecule has 3 rings (SSSR count). The van der Waals surface area contributed by atoms with Crippen LogP contribution in [0.1, 0.15) is 16.4 Å². The molecule has 0 saturated heterocycles. The number of hydrogen-bond donors (Lipinski definition) is 0. The van der Waals surface area contributed by atoms with E-state index in [0.717, 1.165) is 11.3 Å². The summed E-state index contributed by atoms with van der Waals surface area (Å²) in [4.78, 5) is 23.6. The van der Waals surface area contributed by atoms with Gasteiger partial charge in [0.05, 0.1) is 12.7 Å². The average Bonchev–Trinajstić information content (AvgIpc) is 2.56. The van der Waals surface area contributed by atoms with Gasteiger partial charge in [0, 0.05) is 13.2 Å². The van der Waals surface area contributed by atoms with Gasteiger partial charge in [-0.25, -0.2) is 4.42 Å². The predicted molar refractivity (Wildman–Crippen MR) is 79.2 cm³/mol. The van der Waals surface area contributed by atoms with Gasteiger partial charge in [-0.2, -0.15) is 0 Å². The summed E-state index contributed by atoms with van der Waals surface area (Å²) in [6.45, 7) is 0. The highest BCUT2D eigenvalue weighted by atomic mass is 16.5. The van der Waals surface area contributed by atoms with Gasteiger partial charge in [-0.15, -0.1) is 0 Å². The van der Waals surface area contributed by atoms with Gasteiger partial charge < -0.3 is 9.47 Å². The zero-order valence-corrected chi connectivity index (χ0v) is 12.4. The number of Topliss-reactive ketones (excluding diaryl/α,β-unsaturated/α-hetero) is 2. The van der Waals surface area contributed by atoms with E-state index in [2.05, 4.69) is 0 Å². The van der Waals surface area contributed by atoms with Crippen LogP contribution < -0.4 is 4.74 Å². The Balaban J connectivity index is 1.88. The van der Waals surface area contributed by atoms with Crippen LogP contribution in [0.15, 0.2) is 36.4 Å². The molecule has 1 aliphatic heterocycles. The van der Waals surface area contributed by atoms with Crippen LogP contribution in [0.3, 0.4) is 0 Å². The van der Waals surface area contributed by atoms with Gasteiger partial charge in [0.1, 0.15) is 24.2 Å². The van der Waals surface area contributed by atoms with Crippen molar-refractivity contribution in [3.05, 3.63) is 42.0 Å². The molecule has 1 aliphatic carbocycles. The van der Waals surface area contributed by atoms with E-state index >= 15 is 0 Å². The Bertz CT molecular complexity index is 656. The summed E-state index contributed by atoms with van der Waals surface area (Å²) in [6, 6.07) is 7.48. The van der Waals surface area contributed by atoms with Gasteiger partial charge in [0.15, 0.2) is 0 Å². The molecule has 114 valence electrons. The Kier molecular flexibility index (Phi) is 3.90. The molecule has 3 unspecified atom stereocenters. The number of hydrogen-bond acceptors (Lipinski definition) is 4. The summed E-state index contributed by atoms with van der Waals surface area (Å²) < 4.78 is 16.3. The average molecular weight is 301 g/mol. The summed E-state index contributed by atoms with van der Waals surface area (Å²) in [5.41, 5.74) is 0.897. The molecule has 1 heterocycles. The first-order chi connectivity index (χ1) is 10.6. The number of carbonyl (C=O) groups is 2. The van der Waals surface area contributed by atoms with Crippen LogP contribution >= 0.6 is 0 Å². The fraction of sp³-hybridized carbons (Fsp3) is 0.353. The van der Waals surface area contributed by atoms with Crippen molar-refractivity contribution < 1.29 is 23.5 Å². The van der Waals surface area contributed by atoms with Gasteiger partial charge in [0.2, 0.25) is 11.6 Å². The van der Waals surface area contributed by atoms with Crippen LogP contribution in [0.25, 0.3) is 0 Å². The lowest BCUT2D eigenvalue weighted by molar-refractivity contribution is -0.346. The number of benzene rings is 1. The number of methoxy groups -OCH3 is 2. The second kappa shape index (κ2) is 5.85. The Labute approximate surface area is 128 Å². The standard InChI is InChI=1S/C17H17O5/c1-20-11-5-3-10(4-6-11)14-8-7-12-15(22-14)9-13(18)16(19)17(12)21-2/h3-8,12,15,17H,9H2,1-2H3/q+1. The van der Waals surface area contributed by atoms with Gasteiger partial charge in [-0.1, -0.05) is 6.08 Å². The summed E-state index contributed by atoms with van der Waals surface area (Å²) in [6.07, 6.45) is 2.70. The minimum absolute atomic E-state index is 0.0906. The highest BCUT2D eigenvalue weighted by molar-refractivity contribution is 6.39. The van der Waals surface area contributed by atoms with Crippen molar-refractivity contribution in [2.45, 2.75) is 18.6 Å². The monoisotopic (exact) mass is 301 g/mol. The molecule has 0 N–H and O–H groups in total. The van der Waals surface area contributed by atoms with E-state index in [0.29, 0.717) is 5.78 Å². The first kappa shape index (κ1) is 14.7. The highest BCUT2D eigenvalue weighted by Gasteiger charge is 2.50. The lowest BCUT2D eigenvalue weighted by Crippen LogP contribution is -2.48. The molecule has 0 aromatic heterocycles. The van der Waals surface area contributed by atoms with Crippen LogP contribution in [0, 0.1) is 5.92 Å². The quantitative estimate of drug-likeness (QED) is 0.627. The summed E-state index contributed by atoms with van der Waals surface area (Å²) >= 11 is 0. The molecule has 0 spiro atoms. The largest absolute Gasteiger partial charge is 0.497 e. The van der Waals surface area contributed by atoms with Crippen LogP contribution in [-0.2, 0) is 14.3 Å². The Morgan fingerprint density at radius 2 is 1.86 bits per heavy atom. The zero-order valence-electron chi connectivity index (χ0n) is 12.4. The fourth-order valence-electron chi connectivity index (χ4n) is 2.88. The van der Waals surface area contributed by atoms with Crippen LogP contribution in [0.2, 0.25) is 0 Å². The van der Waals surface area contributed by atoms with Crippen molar-refractivity contribution in [1.82, 2.24) is 0 Å². The SMILES string of the molecule is COc1ccc(C2=[O+]C3CC(=O)C(=O)C(OC)C3C=C2)cc1. The highest BCUT2D eigenvalue weighted by Crippen LogP contribution is 2.30. The third kappa shape index (κ3) is 2.48. The third-order valence-corrected chi connectivity index (χ3v) is 4.08. The number of ketones is 3. The summed E-state index contributed by atoms with van der Waals surface area (Å²) in [7, 11) is 3.05. The molecule has 0 radical (unpaired) electrons. The minimum Gasteiger partial charge on any atom is -0.497 e. The molecule has 1 fully saturated rings. The molecule has 1 saturated carbocycles. The molecule has 2 aliphatic rings. The van der Waals surface area contributed by atoms with E-state index in [9.17, 15) is 9.59 Å². The number of fused-ring (bicyclic) bond motifs is 1. The summed E-state index contributed by atoms with van der Waals surface area (Å²) in [5, 5.41) is 0. The molecular weight excluding hydrogens is 284 g/mol. The number of allylic oxidation sites excluding steroid dienone is 1. The van der Waals surface area contributed by atoms with Gasteiger partial charge >= 0.3 is 5.78 Å². The molecule has 5 heteroatoms. The van der Waals surface area contributed by atoms with E-state index in [1.165, 1.54) is 7.11 Å². The first-order valence-electron chi connectivity index (χ1n) is 7.10. The second-order valence-electron chi connectivity index (χ2n) is 5.33.